The van der Waals surface area contributed by atoms with Crippen LogP contribution in [0, 0.1) is 0 Å². The van der Waals surface area contributed by atoms with Crippen molar-refractivity contribution >= 4 is 17.7 Å². The van der Waals surface area contributed by atoms with Gasteiger partial charge in [-0.25, -0.2) is 0 Å². The Morgan fingerprint density at radius 1 is 0.923 bits per heavy atom. The summed E-state index contributed by atoms with van der Waals surface area (Å²) >= 11 is 1.11. The van der Waals surface area contributed by atoms with Crippen molar-refractivity contribution in [3.8, 4) is 28.7 Å². The van der Waals surface area contributed by atoms with Gasteiger partial charge in [-0.2, -0.15) is 0 Å². The maximum Gasteiger partial charge on any atom is 0.321 e. The third-order valence-corrected chi connectivity index (χ3v) is 4.14. The fourth-order valence-electron chi connectivity index (χ4n) is 2.04. The molecule has 0 saturated heterocycles. The molecule has 1 heterocycles. The summed E-state index contributed by atoms with van der Waals surface area (Å²) in [6.45, 7) is 0. The van der Waals surface area contributed by atoms with E-state index >= 15 is 0 Å². The van der Waals surface area contributed by atoms with Crippen LogP contribution < -0.4 is 14.2 Å². The van der Waals surface area contributed by atoms with E-state index in [1.54, 1.807) is 50.6 Å². The number of aromatic nitrogens is 2. The third-order valence-electron chi connectivity index (χ3n) is 3.35. The third kappa shape index (κ3) is 4.54. The number of rotatable bonds is 7. The lowest BCUT2D eigenvalue weighted by atomic mass is 10.2. The van der Waals surface area contributed by atoms with Crippen LogP contribution in [0.4, 0.5) is 0 Å². The molecule has 0 bridgehead atoms. The molecule has 0 unspecified atom stereocenters. The molecule has 0 fully saturated rings. The summed E-state index contributed by atoms with van der Waals surface area (Å²) in [5.41, 5.74) is 0.769. The lowest BCUT2D eigenvalue weighted by Crippen LogP contribution is -2.10. The van der Waals surface area contributed by atoms with Crippen molar-refractivity contribution in [2.24, 2.45) is 0 Å². The number of carbonyl (C=O) groups excluding carboxylic acids is 1. The molecule has 0 aliphatic rings. The Morgan fingerprint density at radius 2 is 1.50 bits per heavy atom. The molecule has 26 heavy (non-hydrogen) atoms. The summed E-state index contributed by atoms with van der Waals surface area (Å²) in [6, 6.07) is 14.0. The van der Waals surface area contributed by atoms with E-state index in [1.807, 2.05) is 12.1 Å². The Bertz CT molecular complexity index is 862. The van der Waals surface area contributed by atoms with Gasteiger partial charge in [-0.15, -0.1) is 10.2 Å². The highest BCUT2D eigenvalue weighted by Crippen LogP contribution is 2.25. The summed E-state index contributed by atoms with van der Waals surface area (Å²) in [4.78, 5) is 11.9. The SMILES string of the molecule is COc1ccc(OC(=O)CSc2nnc(-c3ccc(OC)cc3)o2)cc1. The Morgan fingerprint density at radius 3 is 2.12 bits per heavy atom. The second kappa shape index (κ2) is 8.39. The van der Waals surface area contributed by atoms with Crippen molar-refractivity contribution in [1.82, 2.24) is 10.2 Å². The molecule has 0 N–H and O–H groups in total. The number of hydrogen-bond acceptors (Lipinski definition) is 8. The van der Waals surface area contributed by atoms with Crippen LogP contribution >= 0.6 is 11.8 Å². The molecule has 8 heteroatoms. The first-order valence-electron chi connectivity index (χ1n) is 7.63. The number of methoxy groups -OCH3 is 2. The highest BCUT2D eigenvalue weighted by molar-refractivity contribution is 7.99. The zero-order valence-corrected chi connectivity index (χ0v) is 15.0. The molecule has 0 aliphatic heterocycles. The lowest BCUT2D eigenvalue weighted by Gasteiger charge is -2.04. The van der Waals surface area contributed by atoms with Gasteiger partial charge in [-0.05, 0) is 48.5 Å². The summed E-state index contributed by atoms with van der Waals surface area (Å²) < 4.78 is 20.9. The van der Waals surface area contributed by atoms with Crippen LogP contribution in [0.1, 0.15) is 0 Å². The Labute approximate surface area is 154 Å². The highest BCUT2D eigenvalue weighted by Gasteiger charge is 2.12. The maximum atomic E-state index is 11.9. The zero-order chi connectivity index (χ0) is 18.4. The van der Waals surface area contributed by atoms with Crippen LogP contribution in [-0.2, 0) is 4.79 Å². The standard InChI is InChI=1S/C18H16N2O5S/c1-22-13-5-3-12(4-6-13)17-19-20-18(25-17)26-11-16(21)24-15-9-7-14(23-2)8-10-15/h3-10H,11H2,1-2H3. The fraction of sp³-hybridized carbons (Fsp3) is 0.167. The van der Waals surface area contributed by atoms with Gasteiger partial charge < -0.3 is 18.6 Å². The first-order chi connectivity index (χ1) is 12.7. The number of ether oxygens (including phenoxy) is 3. The quantitative estimate of drug-likeness (QED) is 0.354. The second-order valence-corrected chi connectivity index (χ2v) is 5.97. The molecule has 0 radical (unpaired) electrons. The molecule has 0 atom stereocenters. The van der Waals surface area contributed by atoms with E-state index in [9.17, 15) is 4.79 Å². The van der Waals surface area contributed by atoms with Gasteiger partial charge >= 0.3 is 5.97 Å². The smallest absolute Gasteiger partial charge is 0.321 e. The summed E-state index contributed by atoms with van der Waals surface area (Å²) in [5.74, 6) is 1.89. The molecular formula is C18H16N2O5S. The highest BCUT2D eigenvalue weighted by atomic mass is 32.2. The van der Waals surface area contributed by atoms with Gasteiger partial charge in [0.25, 0.3) is 5.22 Å². The molecule has 7 nitrogen and oxygen atoms in total. The van der Waals surface area contributed by atoms with Crippen molar-refractivity contribution in [3.05, 3.63) is 48.5 Å². The number of esters is 1. The van der Waals surface area contributed by atoms with Crippen LogP contribution in [0.2, 0.25) is 0 Å². The van der Waals surface area contributed by atoms with Crippen LogP contribution in [0.3, 0.4) is 0 Å². The van der Waals surface area contributed by atoms with Crippen LogP contribution in [-0.4, -0.2) is 36.1 Å². The van der Waals surface area contributed by atoms with E-state index in [0.717, 1.165) is 23.1 Å². The predicted octanol–water partition coefficient (Wildman–Crippen LogP) is 3.45. The minimum atomic E-state index is -0.413. The van der Waals surface area contributed by atoms with Gasteiger partial charge in [0.05, 0.1) is 14.2 Å². The zero-order valence-electron chi connectivity index (χ0n) is 14.2. The van der Waals surface area contributed by atoms with Gasteiger partial charge in [-0.3, -0.25) is 4.79 Å². The lowest BCUT2D eigenvalue weighted by molar-refractivity contribution is -0.131. The van der Waals surface area contributed by atoms with Crippen LogP contribution in [0.15, 0.2) is 58.2 Å². The molecule has 0 amide bonds. The number of benzene rings is 2. The van der Waals surface area contributed by atoms with E-state index < -0.39 is 5.97 Å². The maximum absolute atomic E-state index is 11.9. The second-order valence-electron chi connectivity index (χ2n) is 5.04. The Kier molecular flexibility index (Phi) is 5.75. The molecule has 0 spiro atoms. The van der Waals surface area contributed by atoms with Crippen molar-refractivity contribution in [3.63, 3.8) is 0 Å². The summed E-state index contributed by atoms with van der Waals surface area (Å²) in [7, 11) is 3.17. The number of hydrogen-bond donors (Lipinski definition) is 0. The van der Waals surface area contributed by atoms with E-state index in [2.05, 4.69) is 10.2 Å². The van der Waals surface area contributed by atoms with Gasteiger partial charge in [0.15, 0.2) is 0 Å². The molecular weight excluding hydrogens is 356 g/mol. The summed E-state index contributed by atoms with van der Waals surface area (Å²) in [5, 5.41) is 8.20. The minimum absolute atomic E-state index is 0.0519. The van der Waals surface area contributed by atoms with E-state index in [1.165, 1.54) is 0 Å². The molecule has 0 aliphatic carbocycles. The Hall–Kier alpha value is -3.00. The minimum Gasteiger partial charge on any atom is -0.497 e. The molecule has 1 aromatic heterocycles. The van der Waals surface area contributed by atoms with Gasteiger partial charge in [0.2, 0.25) is 5.89 Å². The monoisotopic (exact) mass is 372 g/mol. The van der Waals surface area contributed by atoms with E-state index in [0.29, 0.717) is 22.6 Å². The van der Waals surface area contributed by atoms with Gasteiger partial charge in [0.1, 0.15) is 23.0 Å². The number of nitrogens with zero attached hydrogens (tertiary/aromatic N) is 2. The molecule has 2 aromatic carbocycles. The topological polar surface area (TPSA) is 83.7 Å². The molecule has 134 valence electrons. The van der Waals surface area contributed by atoms with E-state index in [4.69, 9.17) is 18.6 Å². The first kappa shape index (κ1) is 17.8. The van der Waals surface area contributed by atoms with Gasteiger partial charge in [-0.1, -0.05) is 11.8 Å². The van der Waals surface area contributed by atoms with Crippen molar-refractivity contribution in [2.75, 3.05) is 20.0 Å². The van der Waals surface area contributed by atoms with Crippen molar-refractivity contribution in [2.45, 2.75) is 5.22 Å². The van der Waals surface area contributed by atoms with Crippen molar-refractivity contribution < 1.29 is 23.4 Å². The average Bonchev–Trinajstić information content (AvgIpc) is 3.16. The first-order valence-corrected chi connectivity index (χ1v) is 8.62. The molecule has 3 aromatic rings. The largest absolute Gasteiger partial charge is 0.497 e. The fourth-order valence-corrected chi connectivity index (χ4v) is 2.58. The Balaban J connectivity index is 1.54. The van der Waals surface area contributed by atoms with Crippen LogP contribution in [0.5, 0.6) is 17.2 Å². The predicted molar refractivity (Wildman–Crippen MR) is 95.6 cm³/mol. The molecule has 3 rings (SSSR count). The summed E-state index contributed by atoms with van der Waals surface area (Å²) in [6.07, 6.45) is 0. The van der Waals surface area contributed by atoms with Gasteiger partial charge in [0, 0.05) is 5.56 Å². The average molecular weight is 372 g/mol. The van der Waals surface area contributed by atoms with Crippen LogP contribution in [0.25, 0.3) is 11.5 Å². The van der Waals surface area contributed by atoms with Crippen molar-refractivity contribution in [1.29, 1.82) is 0 Å². The number of thioether (sulfide) groups is 1. The normalized spacial score (nSPS) is 10.4. The van der Waals surface area contributed by atoms with E-state index in [-0.39, 0.29) is 5.75 Å². The number of carbonyl (C=O) groups is 1. The molecule has 0 saturated carbocycles.